The zero-order valence-corrected chi connectivity index (χ0v) is 13.3. The van der Waals surface area contributed by atoms with Gasteiger partial charge in [0, 0.05) is 6.04 Å². The molecule has 3 N–H and O–H groups in total. The molecule has 4 nitrogen and oxygen atoms in total. The second kappa shape index (κ2) is 6.32. The Hall–Kier alpha value is -1.14. The number of halogens is 1. The highest BCUT2D eigenvalue weighted by molar-refractivity contribution is 7.89. The zero-order valence-electron chi connectivity index (χ0n) is 12.5. The summed E-state index contributed by atoms with van der Waals surface area (Å²) in [4.78, 5) is 0.0695. The molecule has 118 valence electrons. The minimum Gasteiger partial charge on any atom is -0.396 e. The summed E-state index contributed by atoms with van der Waals surface area (Å²) in [5, 5.41) is 0. The summed E-state index contributed by atoms with van der Waals surface area (Å²) < 4.78 is 41.1. The first-order chi connectivity index (χ1) is 9.83. The summed E-state index contributed by atoms with van der Waals surface area (Å²) in [6, 6.07) is 2.33. The number of nitrogen functional groups attached to an aromatic ring is 1. The SMILES string of the molecule is CCC1CCCC(NS(=O)(=O)c2cc(N)c(F)cc2C)C1. The van der Waals surface area contributed by atoms with Gasteiger partial charge in [-0.25, -0.2) is 17.5 Å². The molecule has 0 amide bonds. The fraction of sp³-hybridized carbons (Fsp3) is 0.600. The Morgan fingerprint density at radius 2 is 2.10 bits per heavy atom. The van der Waals surface area contributed by atoms with E-state index in [0.29, 0.717) is 11.5 Å². The van der Waals surface area contributed by atoms with Crippen molar-refractivity contribution >= 4 is 15.7 Å². The van der Waals surface area contributed by atoms with E-state index < -0.39 is 15.8 Å². The lowest BCUT2D eigenvalue weighted by Gasteiger charge is -2.29. The highest BCUT2D eigenvalue weighted by Crippen LogP contribution is 2.28. The monoisotopic (exact) mass is 314 g/mol. The van der Waals surface area contributed by atoms with E-state index in [1.165, 1.54) is 12.1 Å². The normalized spacial score (nSPS) is 23.2. The Kier molecular flexibility index (Phi) is 4.88. The van der Waals surface area contributed by atoms with Crippen molar-refractivity contribution in [3.8, 4) is 0 Å². The Labute approximate surface area is 126 Å². The molecule has 21 heavy (non-hydrogen) atoms. The number of nitrogens with two attached hydrogens (primary N) is 1. The van der Waals surface area contributed by atoms with Crippen LogP contribution in [0.3, 0.4) is 0 Å². The van der Waals surface area contributed by atoms with E-state index >= 15 is 0 Å². The molecular weight excluding hydrogens is 291 g/mol. The first-order valence-electron chi connectivity index (χ1n) is 7.41. The van der Waals surface area contributed by atoms with Gasteiger partial charge >= 0.3 is 0 Å². The maximum atomic E-state index is 13.4. The van der Waals surface area contributed by atoms with E-state index in [1.807, 2.05) is 0 Å². The molecule has 1 saturated carbocycles. The minimum absolute atomic E-state index is 0.0422. The molecule has 0 saturated heterocycles. The van der Waals surface area contributed by atoms with Crippen molar-refractivity contribution in [2.24, 2.45) is 5.92 Å². The predicted molar refractivity (Wildman–Crippen MR) is 81.9 cm³/mol. The molecule has 2 atom stereocenters. The molecule has 2 unspecified atom stereocenters. The van der Waals surface area contributed by atoms with Gasteiger partial charge in [-0.15, -0.1) is 0 Å². The van der Waals surface area contributed by atoms with Gasteiger partial charge < -0.3 is 5.73 Å². The van der Waals surface area contributed by atoms with Crippen molar-refractivity contribution < 1.29 is 12.8 Å². The molecule has 1 aromatic rings. The number of aryl methyl sites for hydroxylation is 1. The average Bonchev–Trinajstić information content (AvgIpc) is 2.42. The Morgan fingerprint density at radius 1 is 1.38 bits per heavy atom. The minimum atomic E-state index is -3.66. The Balaban J connectivity index is 2.20. The molecule has 0 spiro atoms. The third kappa shape index (κ3) is 3.74. The maximum Gasteiger partial charge on any atom is 0.241 e. The average molecular weight is 314 g/mol. The van der Waals surface area contributed by atoms with E-state index in [4.69, 9.17) is 5.73 Å². The van der Waals surface area contributed by atoms with Crippen LogP contribution in [0.25, 0.3) is 0 Å². The van der Waals surface area contributed by atoms with Gasteiger partial charge in [-0.3, -0.25) is 0 Å². The number of hydrogen-bond acceptors (Lipinski definition) is 3. The maximum absolute atomic E-state index is 13.4. The van der Waals surface area contributed by atoms with Gasteiger partial charge in [0.1, 0.15) is 5.82 Å². The van der Waals surface area contributed by atoms with E-state index in [9.17, 15) is 12.8 Å². The predicted octanol–water partition coefficient (Wildman–Crippen LogP) is 2.96. The number of nitrogens with one attached hydrogen (secondary N) is 1. The largest absolute Gasteiger partial charge is 0.396 e. The van der Waals surface area contributed by atoms with Crippen LogP contribution in [0.15, 0.2) is 17.0 Å². The fourth-order valence-corrected chi connectivity index (χ4v) is 4.55. The molecule has 1 aliphatic carbocycles. The molecule has 0 bridgehead atoms. The number of rotatable bonds is 4. The summed E-state index contributed by atoms with van der Waals surface area (Å²) in [7, 11) is -3.66. The summed E-state index contributed by atoms with van der Waals surface area (Å²) in [6.45, 7) is 3.71. The van der Waals surface area contributed by atoms with Crippen LogP contribution in [0.4, 0.5) is 10.1 Å². The Morgan fingerprint density at radius 3 is 2.76 bits per heavy atom. The van der Waals surface area contributed by atoms with Crippen LogP contribution in [-0.4, -0.2) is 14.5 Å². The molecule has 0 aromatic heterocycles. The molecule has 0 aliphatic heterocycles. The highest BCUT2D eigenvalue weighted by atomic mass is 32.2. The summed E-state index contributed by atoms with van der Waals surface area (Å²) >= 11 is 0. The fourth-order valence-electron chi connectivity index (χ4n) is 3.01. The van der Waals surface area contributed by atoms with Gasteiger partial charge in [0.2, 0.25) is 10.0 Å². The van der Waals surface area contributed by atoms with Gasteiger partial charge in [0.25, 0.3) is 0 Å². The molecule has 1 aromatic carbocycles. The van der Waals surface area contributed by atoms with E-state index in [2.05, 4.69) is 11.6 Å². The van der Waals surface area contributed by atoms with Crippen LogP contribution in [0.1, 0.15) is 44.6 Å². The topological polar surface area (TPSA) is 72.2 Å². The van der Waals surface area contributed by atoms with Gasteiger partial charge in [-0.2, -0.15) is 0 Å². The van der Waals surface area contributed by atoms with E-state index in [0.717, 1.165) is 32.1 Å². The molecule has 0 radical (unpaired) electrons. The van der Waals surface area contributed by atoms with Crippen LogP contribution in [-0.2, 0) is 10.0 Å². The number of anilines is 1. The van der Waals surface area contributed by atoms with Crippen molar-refractivity contribution in [2.75, 3.05) is 5.73 Å². The first kappa shape index (κ1) is 16.2. The highest BCUT2D eigenvalue weighted by Gasteiger charge is 2.27. The lowest BCUT2D eigenvalue weighted by atomic mass is 9.85. The molecule has 0 heterocycles. The zero-order chi connectivity index (χ0) is 15.6. The van der Waals surface area contributed by atoms with Crippen LogP contribution in [0.5, 0.6) is 0 Å². The van der Waals surface area contributed by atoms with Crippen molar-refractivity contribution in [3.05, 3.63) is 23.5 Å². The summed E-state index contributed by atoms with van der Waals surface area (Å²) in [6.07, 6.45) is 4.99. The van der Waals surface area contributed by atoms with Crippen LogP contribution >= 0.6 is 0 Å². The van der Waals surface area contributed by atoms with Crippen LogP contribution < -0.4 is 10.5 Å². The van der Waals surface area contributed by atoms with Crippen molar-refractivity contribution in [2.45, 2.75) is 56.9 Å². The molecular formula is C15H23FN2O2S. The number of benzene rings is 1. The Bertz CT molecular complexity index is 616. The smallest absolute Gasteiger partial charge is 0.241 e. The van der Waals surface area contributed by atoms with Crippen molar-refractivity contribution in [1.29, 1.82) is 0 Å². The van der Waals surface area contributed by atoms with Gasteiger partial charge in [0.05, 0.1) is 10.6 Å². The van der Waals surface area contributed by atoms with E-state index in [1.54, 1.807) is 6.92 Å². The van der Waals surface area contributed by atoms with Gasteiger partial charge in [0.15, 0.2) is 0 Å². The number of hydrogen-bond donors (Lipinski definition) is 2. The lowest BCUT2D eigenvalue weighted by Crippen LogP contribution is -2.38. The second-order valence-electron chi connectivity index (χ2n) is 5.90. The van der Waals surface area contributed by atoms with Gasteiger partial charge in [-0.1, -0.05) is 26.2 Å². The second-order valence-corrected chi connectivity index (χ2v) is 7.58. The molecule has 1 aliphatic rings. The molecule has 6 heteroatoms. The van der Waals surface area contributed by atoms with Crippen LogP contribution in [0.2, 0.25) is 0 Å². The number of sulfonamides is 1. The van der Waals surface area contributed by atoms with Crippen molar-refractivity contribution in [3.63, 3.8) is 0 Å². The summed E-state index contributed by atoms with van der Waals surface area (Å²) in [5.74, 6) is -0.0130. The third-order valence-electron chi connectivity index (χ3n) is 4.27. The lowest BCUT2D eigenvalue weighted by molar-refractivity contribution is 0.301. The quantitative estimate of drug-likeness (QED) is 0.839. The van der Waals surface area contributed by atoms with Crippen LogP contribution in [0, 0.1) is 18.7 Å². The standard InChI is InChI=1S/C15H23FN2O2S/c1-3-11-5-4-6-12(8-11)18-21(19,20)15-9-14(17)13(16)7-10(15)2/h7,9,11-12,18H,3-6,8,17H2,1-2H3. The third-order valence-corrected chi connectivity index (χ3v) is 5.93. The summed E-state index contributed by atoms with van der Waals surface area (Å²) in [5.41, 5.74) is 5.73. The van der Waals surface area contributed by atoms with Gasteiger partial charge in [-0.05, 0) is 43.4 Å². The van der Waals surface area contributed by atoms with Crippen molar-refractivity contribution in [1.82, 2.24) is 4.72 Å². The molecule has 2 rings (SSSR count). The van der Waals surface area contributed by atoms with E-state index in [-0.39, 0.29) is 16.6 Å². The first-order valence-corrected chi connectivity index (χ1v) is 8.89. The molecule has 1 fully saturated rings.